The van der Waals surface area contributed by atoms with Crippen LogP contribution >= 0.6 is 0 Å². The molecule has 2 aromatic heterocycles. The van der Waals surface area contributed by atoms with Crippen LogP contribution in [0.2, 0.25) is 0 Å². The lowest BCUT2D eigenvalue weighted by molar-refractivity contribution is 0.177. The number of pyridine rings is 1. The van der Waals surface area contributed by atoms with Crippen LogP contribution in [-0.2, 0) is 0 Å². The third-order valence-electron chi connectivity index (χ3n) is 4.78. The summed E-state index contributed by atoms with van der Waals surface area (Å²) in [7, 11) is 0. The number of rotatable bonds is 4. The topological polar surface area (TPSA) is 63.1 Å². The van der Waals surface area contributed by atoms with Gasteiger partial charge in [-0.25, -0.2) is 4.98 Å². The van der Waals surface area contributed by atoms with Crippen LogP contribution < -0.4 is 10.9 Å². The zero-order chi connectivity index (χ0) is 17.3. The van der Waals surface area contributed by atoms with Crippen molar-refractivity contribution in [1.29, 1.82) is 0 Å². The highest BCUT2D eigenvalue weighted by atomic mass is 16.1. The SMILES string of the molecule is CC(C)N1CCC(Nc2ncc3ccc(=O)n(C(C)C)c3n2)CC1. The Morgan fingerprint density at radius 2 is 1.83 bits per heavy atom. The van der Waals surface area contributed by atoms with Gasteiger partial charge in [0.25, 0.3) is 5.56 Å². The monoisotopic (exact) mass is 329 g/mol. The zero-order valence-electron chi connectivity index (χ0n) is 15.0. The van der Waals surface area contributed by atoms with Gasteiger partial charge in [0.1, 0.15) is 5.65 Å². The summed E-state index contributed by atoms with van der Waals surface area (Å²) in [5.74, 6) is 0.616. The lowest BCUT2D eigenvalue weighted by atomic mass is 10.0. The summed E-state index contributed by atoms with van der Waals surface area (Å²) in [6, 6.07) is 4.43. The quantitative estimate of drug-likeness (QED) is 0.934. The van der Waals surface area contributed by atoms with E-state index in [9.17, 15) is 4.79 Å². The van der Waals surface area contributed by atoms with Crippen LogP contribution in [0.3, 0.4) is 0 Å². The maximum Gasteiger partial charge on any atom is 0.252 e. The lowest BCUT2D eigenvalue weighted by Gasteiger charge is -2.34. The Balaban J connectivity index is 1.81. The van der Waals surface area contributed by atoms with E-state index in [1.165, 1.54) is 0 Å². The summed E-state index contributed by atoms with van der Waals surface area (Å²) in [6.07, 6.45) is 3.98. The van der Waals surface area contributed by atoms with E-state index in [0.717, 1.165) is 31.3 Å². The molecule has 1 saturated heterocycles. The molecule has 0 bridgehead atoms. The fourth-order valence-electron chi connectivity index (χ4n) is 3.35. The first kappa shape index (κ1) is 16.9. The van der Waals surface area contributed by atoms with Crippen molar-refractivity contribution in [3.63, 3.8) is 0 Å². The van der Waals surface area contributed by atoms with Crippen molar-refractivity contribution >= 4 is 17.0 Å². The third kappa shape index (κ3) is 3.43. The largest absolute Gasteiger partial charge is 0.351 e. The Kier molecular flexibility index (Phi) is 4.85. The fraction of sp³-hybridized carbons (Fsp3) is 0.611. The van der Waals surface area contributed by atoms with Gasteiger partial charge < -0.3 is 10.2 Å². The third-order valence-corrected chi connectivity index (χ3v) is 4.78. The first-order valence-corrected chi connectivity index (χ1v) is 8.84. The van der Waals surface area contributed by atoms with Gasteiger partial charge in [-0.2, -0.15) is 4.98 Å². The number of fused-ring (bicyclic) bond motifs is 1. The molecule has 6 heteroatoms. The highest BCUT2D eigenvalue weighted by Gasteiger charge is 2.21. The molecule has 6 nitrogen and oxygen atoms in total. The first-order chi connectivity index (χ1) is 11.5. The maximum atomic E-state index is 12.2. The normalized spacial score (nSPS) is 17.1. The number of hydrogen-bond donors (Lipinski definition) is 1. The Hall–Kier alpha value is -1.95. The summed E-state index contributed by atoms with van der Waals surface area (Å²) in [5, 5.41) is 4.35. The van der Waals surface area contributed by atoms with Crippen LogP contribution in [0.5, 0.6) is 0 Å². The number of nitrogens with one attached hydrogen (secondary N) is 1. The molecule has 1 N–H and O–H groups in total. The summed E-state index contributed by atoms with van der Waals surface area (Å²) in [6.45, 7) is 10.7. The molecule has 0 radical (unpaired) electrons. The second-order valence-electron chi connectivity index (χ2n) is 7.16. The Bertz CT molecular complexity index is 760. The summed E-state index contributed by atoms with van der Waals surface area (Å²) in [4.78, 5) is 23.7. The van der Waals surface area contributed by atoms with Gasteiger partial charge in [-0.1, -0.05) is 0 Å². The molecule has 2 aromatic rings. The van der Waals surface area contributed by atoms with E-state index >= 15 is 0 Å². The van der Waals surface area contributed by atoms with E-state index in [1.54, 1.807) is 22.9 Å². The standard InChI is InChI=1S/C18H27N5O/c1-12(2)22-9-7-15(8-10-22)20-18-19-11-14-5-6-16(24)23(13(3)4)17(14)21-18/h5-6,11-13,15H,7-10H2,1-4H3,(H,19,20,21). The van der Waals surface area contributed by atoms with Crippen molar-refractivity contribution in [2.24, 2.45) is 0 Å². The van der Waals surface area contributed by atoms with E-state index in [0.29, 0.717) is 23.7 Å². The highest BCUT2D eigenvalue weighted by Crippen LogP contribution is 2.18. The molecule has 0 amide bonds. The van der Waals surface area contributed by atoms with E-state index in [2.05, 4.69) is 34.0 Å². The second-order valence-corrected chi connectivity index (χ2v) is 7.16. The maximum absolute atomic E-state index is 12.2. The lowest BCUT2D eigenvalue weighted by Crippen LogP contribution is -2.42. The molecule has 24 heavy (non-hydrogen) atoms. The first-order valence-electron chi connectivity index (χ1n) is 8.84. The molecule has 0 atom stereocenters. The second kappa shape index (κ2) is 6.89. The molecular formula is C18H27N5O. The van der Waals surface area contributed by atoms with E-state index in [1.807, 2.05) is 13.8 Å². The Labute approximate surface area is 142 Å². The van der Waals surface area contributed by atoms with Crippen molar-refractivity contribution in [1.82, 2.24) is 19.4 Å². The molecule has 1 aliphatic rings. The van der Waals surface area contributed by atoms with Gasteiger partial charge in [-0.3, -0.25) is 9.36 Å². The number of hydrogen-bond acceptors (Lipinski definition) is 5. The molecule has 3 heterocycles. The minimum Gasteiger partial charge on any atom is -0.351 e. The van der Waals surface area contributed by atoms with Crippen LogP contribution in [-0.4, -0.2) is 44.6 Å². The molecule has 3 rings (SSSR count). The van der Waals surface area contributed by atoms with Crippen molar-refractivity contribution < 1.29 is 0 Å². The van der Waals surface area contributed by atoms with Gasteiger partial charge in [-0.15, -0.1) is 0 Å². The molecule has 0 aliphatic carbocycles. The minimum atomic E-state index is -0.0209. The molecule has 0 spiro atoms. The summed E-state index contributed by atoms with van der Waals surface area (Å²) >= 11 is 0. The molecule has 0 aromatic carbocycles. The van der Waals surface area contributed by atoms with Crippen LogP contribution in [0, 0.1) is 0 Å². The summed E-state index contributed by atoms with van der Waals surface area (Å²) < 4.78 is 1.73. The van der Waals surface area contributed by atoms with Crippen molar-refractivity contribution in [2.45, 2.75) is 58.7 Å². The molecule has 1 fully saturated rings. The number of likely N-dealkylation sites (tertiary alicyclic amines) is 1. The van der Waals surface area contributed by atoms with Crippen LogP contribution in [0.25, 0.3) is 11.0 Å². The molecule has 0 saturated carbocycles. The van der Waals surface area contributed by atoms with E-state index in [-0.39, 0.29) is 11.6 Å². The van der Waals surface area contributed by atoms with Crippen LogP contribution in [0.15, 0.2) is 23.1 Å². The fourth-order valence-corrected chi connectivity index (χ4v) is 3.35. The average Bonchev–Trinajstić information content (AvgIpc) is 2.54. The zero-order valence-corrected chi connectivity index (χ0v) is 15.0. The molecular weight excluding hydrogens is 302 g/mol. The van der Waals surface area contributed by atoms with Gasteiger partial charge in [0, 0.05) is 48.9 Å². The predicted molar refractivity (Wildman–Crippen MR) is 97.5 cm³/mol. The van der Waals surface area contributed by atoms with E-state index in [4.69, 9.17) is 0 Å². The van der Waals surface area contributed by atoms with Gasteiger partial charge >= 0.3 is 0 Å². The van der Waals surface area contributed by atoms with Gasteiger partial charge in [0.05, 0.1) is 0 Å². The van der Waals surface area contributed by atoms with Crippen LogP contribution in [0.1, 0.15) is 46.6 Å². The number of nitrogens with zero attached hydrogens (tertiary/aromatic N) is 4. The Morgan fingerprint density at radius 3 is 2.46 bits per heavy atom. The number of anilines is 1. The van der Waals surface area contributed by atoms with Gasteiger partial charge in [0.15, 0.2) is 0 Å². The van der Waals surface area contributed by atoms with Crippen molar-refractivity contribution in [3.8, 4) is 0 Å². The number of piperidine rings is 1. The highest BCUT2D eigenvalue weighted by molar-refractivity contribution is 5.75. The molecule has 1 aliphatic heterocycles. The predicted octanol–water partition coefficient (Wildman–Crippen LogP) is 2.66. The molecule has 0 unspecified atom stereocenters. The van der Waals surface area contributed by atoms with Gasteiger partial charge in [0.2, 0.25) is 5.95 Å². The van der Waals surface area contributed by atoms with Gasteiger partial charge in [-0.05, 0) is 46.6 Å². The number of aromatic nitrogens is 3. The Morgan fingerprint density at radius 1 is 1.12 bits per heavy atom. The average molecular weight is 329 g/mol. The summed E-state index contributed by atoms with van der Waals surface area (Å²) in [5.41, 5.74) is 0.682. The minimum absolute atomic E-state index is 0.0209. The van der Waals surface area contributed by atoms with Crippen molar-refractivity contribution in [3.05, 3.63) is 28.7 Å². The molecule has 130 valence electrons. The van der Waals surface area contributed by atoms with E-state index < -0.39 is 0 Å². The van der Waals surface area contributed by atoms with Crippen LogP contribution in [0.4, 0.5) is 5.95 Å². The smallest absolute Gasteiger partial charge is 0.252 e. The van der Waals surface area contributed by atoms with Crippen molar-refractivity contribution in [2.75, 3.05) is 18.4 Å².